The molecule has 0 saturated carbocycles. The normalized spacial score (nSPS) is 12.7. The second-order valence-corrected chi connectivity index (χ2v) is 5.65. The summed E-state index contributed by atoms with van der Waals surface area (Å²) in [6.07, 6.45) is 0. The Hall–Kier alpha value is -1.42. The van der Waals surface area contributed by atoms with Gasteiger partial charge in [0.2, 0.25) is 0 Å². The molecule has 0 heterocycles. The van der Waals surface area contributed by atoms with E-state index < -0.39 is 0 Å². The Labute approximate surface area is 130 Å². The number of halogens is 2. The summed E-state index contributed by atoms with van der Waals surface area (Å²) in [7, 11) is 2.03. The molecule has 2 rings (SSSR count). The number of rotatable bonds is 5. The molecule has 112 valence electrons. The second kappa shape index (κ2) is 7.03. The molecule has 0 amide bonds. The van der Waals surface area contributed by atoms with Crippen LogP contribution in [0.2, 0.25) is 5.02 Å². The minimum Gasteiger partial charge on any atom is -0.326 e. The fraction of sp³-hybridized carbons (Fsp3) is 0.294. The van der Waals surface area contributed by atoms with E-state index >= 15 is 0 Å². The zero-order chi connectivity index (χ0) is 15.4. The largest absolute Gasteiger partial charge is 0.326 e. The Balaban J connectivity index is 2.14. The van der Waals surface area contributed by atoms with Gasteiger partial charge in [0.05, 0.1) is 0 Å². The maximum Gasteiger partial charge on any atom is 0.127 e. The zero-order valence-electron chi connectivity index (χ0n) is 12.3. The fourth-order valence-electron chi connectivity index (χ4n) is 2.36. The third-order valence-corrected chi connectivity index (χ3v) is 4.12. The summed E-state index contributed by atoms with van der Waals surface area (Å²) in [6.45, 7) is 3.03. The SMILES string of the molecule is CC(c1ccccc1Cl)N(C)Cc1ccc(F)c(CN)c1. The van der Waals surface area contributed by atoms with Crippen molar-refractivity contribution in [1.82, 2.24) is 4.90 Å². The van der Waals surface area contributed by atoms with E-state index in [0.717, 1.165) is 16.1 Å². The van der Waals surface area contributed by atoms with E-state index in [-0.39, 0.29) is 18.4 Å². The highest BCUT2D eigenvalue weighted by Crippen LogP contribution is 2.27. The van der Waals surface area contributed by atoms with Crippen LogP contribution in [0.5, 0.6) is 0 Å². The lowest BCUT2D eigenvalue weighted by Gasteiger charge is -2.26. The molecule has 2 nitrogen and oxygen atoms in total. The van der Waals surface area contributed by atoms with Crippen LogP contribution in [0.15, 0.2) is 42.5 Å². The van der Waals surface area contributed by atoms with Crippen molar-refractivity contribution >= 4 is 11.6 Å². The third-order valence-electron chi connectivity index (χ3n) is 3.78. The fourth-order valence-corrected chi connectivity index (χ4v) is 2.65. The van der Waals surface area contributed by atoms with E-state index in [0.29, 0.717) is 12.1 Å². The van der Waals surface area contributed by atoms with Crippen molar-refractivity contribution in [3.05, 3.63) is 70.0 Å². The number of hydrogen-bond acceptors (Lipinski definition) is 2. The molecule has 0 saturated heterocycles. The van der Waals surface area contributed by atoms with E-state index in [1.54, 1.807) is 6.07 Å². The van der Waals surface area contributed by atoms with E-state index in [1.807, 2.05) is 37.4 Å². The van der Waals surface area contributed by atoms with Crippen molar-refractivity contribution in [2.75, 3.05) is 7.05 Å². The minimum absolute atomic E-state index is 0.171. The van der Waals surface area contributed by atoms with Gasteiger partial charge in [-0.05, 0) is 37.2 Å². The molecule has 0 aliphatic carbocycles. The van der Waals surface area contributed by atoms with Crippen molar-refractivity contribution in [2.45, 2.75) is 26.1 Å². The Morgan fingerprint density at radius 1 is 1.24 bits per heavy atom. The lowest BCUT2D eigenvalue weighted by molar-refractivity contribution is 0.253. The van der Waals surface area contributed by atoms with Crippen LogP contribution >= 0.6 is 11.6 Å². The summed E-state index contributed by atoms with van der Waals surface area (Å²) in [6, 6.07) is 13.1. The first-order valence-electron chi connectivity index (χ1n) is 6.95. The molecule has 1 unspecified atom stereocenters. The van der Waals surface area contributed by atoms with E-state index in [4.69, 9.17) is 17.3 Å². The van der Waals surface area contributed by atoms with Crippen LogP contribution in [0.25, 0.3) is 0 Å². The van der Waals surface area contributed by atoms with Crippen LogP contribution in [-0.4, -0.2) is 11.9 Å². The van der Waals surface area contributed by atoms with Crippen molar-refractivity contribution in [1.29, 1.82) is 0 Å². The van der Waals surface area contributed by atoms with Gasteiger partial charge < -0.3 is 5.73 Å². The van der Waals surface area contributed by atoms with Crippen LogP contribution in [0.1, 0.15) is 29.7 Å². The maximum absolute atomic E-state index is 13.5. The van der Waals surface area contributed by atoms with Gasteiger partial charge in [0.25, 0.3) is 0 Å². The van der Waals surface area contributed by atoms with Gasteiger partial charge in [-0.2, -0.15) is 0 Å². The Morgan fingerprint density at radius 2 is 1.95 bits per heavy atom. The number of benzene rings is 2. The van der Waals surface area contributed by atoms with Crippen molar-refractivity contribution in [2.24, 2.45) is 5.73 Å². The average Bonchev–Trinajstić information content (AvgIpc) is 2.49. The molecule has 0 aliphatic heterocycles. The smallest absolute Gasteiger partial charge is 0.127 e. The molecule has 4 heteroatoms. The quantitative estimate of drug-likeness (QED) is 0.900. The summed E-state index contributed by atoms with van der Waals surface area (Å²) in [5, 5.41) is 0.763. The van der Waals surface area contributed by atoms with Gasteiger partial charge in [-0.25, -0.2) is 4.39 Å². The monoisotopic (exact) mass is 306 g/mol. The summed E-state index contributed by atoms with van der Waals surface area (Å²) in [4.78, 5) is 2.18. The standard InChI is InChI=1S/C17H20ClFN2/c1-12(15-5-3-4-6-16(15)18)21(2)11-13-7-8-17(19)14(9-13)10-20/h3-9,12H,10-11,20H2,1-2H3. The summed E-state index contributed by atoms with van der Waals surface area (Å²) < 4.78 is 13.5. The van der Waals surface area contributed by atoms with Crippen LogP contribution in [0, 0.1) is 5.82 Å². The first kappa shape index (κ1) is 16.0. The molecule has 0 fully saturated rings. The second-order valence-electron chi connectivity index (χ2n) is 5.24. The Bertz CT molecular complexity index is 615. The van der Waals surface area contributed by atoms with Crippen LogP contribution < -0.4 is 5.73 Å². The molecule has 2 N–H and O–H groups in total. The highest BCUT2D eigenvalue weighted by Gasteiger charge is 2.15. The maximum atomic E-state index is 13.5. The van der Waals surface area contributed by atoms with Crippen molar-refractivity contribution < 1.29 is 4.39 Å². The van der Waals surface area contributed by atoms with Gasteiger partial charge >= 0.3 is 0 Å². The molecule has 0 spiro atoms. The molecule has 1 atom stereocenters. The Kier molecular flexibility index (Phi) is 5.34. The molecule has 0 bridgehead atoms. The highest BCUT2D eigenvalue weighted by atomic mass is 35.5. The van der Waals surface area contributed by atoms with Crippen molar-refractivity contribution in [3.8, 4) is 0 Å². The molecule has 2 aromatic rings. The van der Waals surface area contributed by atoms with E-state index in [1.165, 1.54) is 6.07 Å². The van der Waals surface area contributed by atoms with Crippen LogP contribution in [0.4, 0.5) is 4.39 Å². The molecule has 21 heavy (non-hydrogen) atoms. The molecule has 0 aromatic heterocycles. The summed E-state index contributed by atoms with van der Waals surface area (Å²) >= 11 is 6.24. The number of nitrogens with zero attached hydrogens (tertiary/aromatic N) is 1. The van der Waals surface area contributed by atoms with Crippen molar-refractivity contribution in [3.63, 3.8) is 0 Å². The first-order chi connectivity index (χ1) is 10.0. The summed E-state index contributed by atoms with van der Waals surface area (Å²) in [5.74, 6) is -0.247. The molecule has 2 aromatic carbocycles. The first-order valence-corrected chi connectivity index (χ1v) is 7.32. The van der Waals surface area contributed by atoms with Crippen LogP contribution in [0.3, 0.4) is 0 Å². The predicted octanol–water partition coefficient (Wildman–Crippen LogP) is 4.13. The Morgan fingerprint density at radius 3 is 2.62 bits per heavy atom. The molecule has 0 aliphatic rings. The van der Waals surface area contributed by atoms with Crippen LogP contribution in [-0.2, 0) is 13.1 Å². The zero-order valence-corrected chi connectivity index (χ0v) is 13.1. The van der Waals surface area contributed by atoms with Gasteiger partial charge in [0, 0.05) is 29.7 Å². The van der Waals surface area contributed by atoms with Gasteiger partial charge in [-0.3, -0.25) is 4.90 Å². The third kappa shape index (κ3) is 3.82. The minimum atomic E-state index is -0.247. The number of nitrogens with two attached hydrogens (primary N) is 1. The van der Waals surface area contributed by atoms with Gasteiger partial charge in [-0.15, -0.1) is 0 Å². The molecular formula is C17H20ClFN2. The van der Waals surface area contributed by atoms with E-state index in [9.17, 15) is 4.39 Å². The molecular weight excluding hydrogens is 287 g/mol. The van der Waals surface area contributed by atoms with Gasteiger partial charge in [0.1, 0.15) is 5.82 Å². The summed E-state index contributed by atoms with van der Waals surface area (Å²) in [5.41, 5.74) is 8.22. The topological polar surface area (TPSA) is 29.3 Å². The average molecular weight is 307 g/mol. The lowest BCUT2D eigenvalue weighted by Crippen LogP contribution is -2.22. The highest BCUT2D eigenvalue weighted by molar-refractivity contribution is 6.31. The van der Waals surface area contributed by atoms with Gasteiger partial charge in [0.15, 0.2) is 0 Å². The molecule has 0 radical (unpaired) electrons. The predicted molar refractivity (Wildman–Crippen MR) is 85.6 cm³/mol. The number of hydrogen-bond donors (Lipinski definition) is 1. The van der Waals surface area contributed by atoms with E-state index in [2.05, 4.69) is 11.8 Å². The lowest BCUT2D eigenvalue weighted by atomic mass is 10.1. The van der Waals surface area contributed by atoms with Gasteiger partial charge in [-0.1, -0.05) is 41.9 Å².